The highest BCUT2D eigenvalue weighted by molar-refractivity contribution is 5.61. The fraction of sp³-hybridized carbons (Fsp3) is 0.500. The Morgan fingerprint density at radius 3 is 2.30 bits per heavy atom. The van der Waals surface area contributed by atoms with Gasteiger partial charge in [0.1, 0.15) is 0 Å². The summed E-state index contributed by atoms with van der Waals surface area (Å²) in [7, 11) is 5.98. The van der Waals surface area contributed by atoms with E-state index in [-0.39, 0.29) is 0 Å². The van der Waals surface area contributed by atoms with Crippen LogP contribution >= 0.6 is 0 Å². The molecule has 108 valence electrons. The molecule has 0 saturated heterocycles. The van der Waals surface area contributed by atoms with E-state index in [4.69, 9.17) is 0 Å². The maximum atomic E-state index is 4.45. The molecule has 6 nitrogen and oxygen atoms in total. The molecule has 0 fully saturated rings. The molecule has 2 heterocycles. The first-order valence-corrected chi connectivity index (χ1v) is 6.75. The van der Waals surface area contributed by atoms with E-state index < -0.39 is 0 Å². The van der Waals surface area contributed by atoms with Crippen molar-refractivity contribution in [1.82, 2.24) is 19.7 Å². The van der Waals surface area contributed by atoms with Gasteiger partial charge in [-0.2, -0.15) is 5.10 Å². The van der Waals surface area contributed by atoms with Gasteiger partial charge >= 0.3 is 0 Å². The van der Waals surface area contributed by atoms with E-state index in [1.165, 1.54) is 11.3 Å². The van der Waals surface area contributed by atoms with E-state index in [1.807, 2.05) is 36.9 Å². The van der Waals surface area contributed by atoms with Crippen molar-refractivity contribution >= 4 is 11.6 Å². The van der Waals surface area contributed by atoms with Crippen LogP contribution in [0.2, 0.25) is 0 Å². The number of aryl methyl sites for hydroxylation is 1. The quantitative estimate of drug-likeness (QED) is 0.830. The largest absolute Gasteiger partial charge is 0.360 e. The molecular formula is C14H22N6. The van der Waals surface area contributed by atoms with Crippen LogP contribution < -0.4 is 9.80 Å². The minimum atomic E-state index is 0.769. The first kappa shape index (κ1) is 14.3. The summed E-state index contributed by atoms with van der Waals surface area (Å²) >= 11 is 0. The maximum absolute atomic E-state index is 4.45. The second-order valence-electron chi connectivity index (χ2n) is 5.03. The Balaban J connectivity index is 2.24. The Morgan fingerprint density at radius 2 is 1.75 bits per heavy atom. The first-order valence-electron chi connectivity index (χ1n) is 6.75. The van der Waals surface area contributed by atoms with Crippen molar-refractivity contribution in [2.24, 2.45) is 0 Å². The second-order valence-corrected chi connectivity index (χ2v) is 5.03. The van der Waals surface area contributed by atoms with E-state index in [9.17, 15) is 0 Å². The Kier molecular flexibility index (Phi) is 4.22. The Labute approximate surface area is 120 Å². The van der Waals surface area contributed by atoms with Crippen molar-refractivity contribution in [3.05, 3.63) is 29.8 Å². The zero-order valence-electron chi connectivity index (χ0n) is 12.8. The summed E-state index contributed by atoms with van der Waals surface area (Å²) in [6.07, 6.45) is 5.37. The molecule has 20 heavy (non-hydrogen) atoms. The lowest BCUT2D eigenvalue weighted by atomic mass is 10.2. The van der Waals surface area contributed by atoms with Crippen LogP contribution in [0.15, 0.2) is 18.6 Å². The molecule has 0 amide bonds. The van der Waals surface area contributed by atoms with E-state index in [0.717, 1.165) is 24.7 Å². The second kappa shape index (κ2) is 5.90. The number of hydrogen-bond acceptors (Lipinski definition) is 5. The first-order chi connectivity index (χ1) is 9.54. The molecule has 0 bridgehead atoms. The van der Waals surface area contributed by atoms with Crippen LogP contribution in [-0.2, 0) is 13.1 Å². The van der Waals surface area contributed by atoms with Gasteiger partial charge in [0.05, 0.1) is 6.20 Å². The molecule has 0 aliphatic heterocycles. The molecule has 2 rings (SSSR count). The van der Waals surface area contributed by atoms with Crippen LogP contribution in [0.25, 0.3) is 0 Å². The van der Waals surface area contributed by atoms with Gasteiger partial charge in [-0.3, -0.25) is 4.68 Å². The van der Waals surface area contributed by atoms with Crippen molar-refractivity contribution in [2.75, 3.05) is 30.9 Å². The summed E-state index contributed by atoms with van der Waals surface area (Å²) < 4.78 is 2.01. The number of nitrogens with zero attached hydrogens (tertiary/aromatic N) is 6. The standard InChI is InChI=1S/C14H22N6/c1-6-20-11(2)12(9-17-20)10-19(5)14-13(18(3)4)15-7-8-16-14/h7-9H,6,10H2,1-5H3. The Morgan fingerprint density at radius 1 is 1.10 bits per heavy atom. The Hall–Kier alpha value is -2.11. The summed E-state index contributed by atoms with van der Waals surface area (Å²) in [5, 5.41) is 4.38. The Bertz CT molecular complexity index is 575. The smallest absolute Gasteiger partial charge is 0.172 e. The molecule has 0 aliphatic carbocycles. The molecule has 0 unspecified atom stereocenters. The molecule has 6 heteroatoms. The molecule has 2 aromatic rings. The van der Waals surface area contributed by atoms with Crippen molar-refractivity contribution in [1.29, 1.82) is 0 Å². The van der Waals surface area contributed by atoms with Gasteiger partial charge in [-0.1, -0.05) is 0 Å². The molecule has 0 aliphatic rings. The van der Waals surface area contributed by atoms with E-state index in [2.05, 4.69) is 33.8 Å². The van der Waals surface area contributed by atoms with E-state index in [0.29, 0.717) is 0 Å². The third-order valence-corrected chi connectivity index (χ3v) is 3.36. The number of aromatic nitrogens is 4. The lowest BCUT2D eigenvalue weighted by molar-refractivity contribution is 0.638. The van der Waals surface area contributed by atoms with Gasteiger partial charge < -0.3 is 9.80 Å². The summed E-state index contributed by atoms with van der Waals surface area (Å²) in [5.74, 6) is 1.75. The minimum absolute atomic E-state index is 0.769. The highest BCUT2D eigenvalue weighted by Crippen LogP contribution is 2.23. The van der Waals surface area contributed by atoms with Crippen LogP contribution in [0.3, 0.4) is 0 Å². The molecule has 0 aromatic carbocycles. The van der Waals surface area contributed by atoms with Gasteiger partial charge in [0.25, 0.3) is 0 Å². The molecule has 0 atom stereocenters. The zero-order chi connectivity index (χ0) is 14.7. The van der Waals surface area contributed by atoms with Crippen molar-refractivity contribution < 1.29 is 0 Å². The predicted octanol–water partition coefficient (Wildman–Crippen LogP) is 1.70. The number of rotatable bonds is 5. The van der Waals surface area contributed by atoms with Gasteiger partial charge in [0, 0.05) is 57.9 Å². The zero-order valence-corrected chi connectivity index (χ0v) is 12.8. The maximum Gasteiger partial charge on any atom is 0.172 e. The van der Waals surface area contributed by atoms with Crippen LogP contribution in [-0.4, -0.2) is 40.9 Å². The van der Waals surface area contributed by atoms with Crippen LogP contribution in [0.5, 0.6) is 0 Å². The summed E-state index contributed by atoms with van der Waals surface area (Å²) in [4.78, 5) is 12.9. The summed E-state index contributed by atoms with van der Waals surface area (Å²) in [6, 6.07) is 0. The van der Waals surface area contributed by atoms with Gasteiger partial charge in [-0.15, -0.1) is 0 Å². The SMILES string of the molecule is CCn1ncc(CN(C)c2nccnc2N(C)C)c1C. The molecule has 2 aromatic heterocycles. The third kappa shape index (κ3) is 2.74. The van der Waals surface area contributed by atoms with E-state index in [1.54, 1.807) is 12.4 Å². The van der Waals surface area contributed by atoms with Crippen LogP contribution in [0.1, 0.15) is 18.2 Å². The number of anilines is 2. The molecule has 0 radical (unpaired) electrons. The number of hydrogen-bond donors (Lipinski definition) is 0. The van der Waals surface area contributed by atoms with Gasteiger partial charge in [0.2, 0.25) is 0 Å². The average Bonchev–Trinajstić information content (AvgIpc) is 2.79. The monoisotopic (exact) mass is 274 g/mol. The predicted molar refractivity (Wildman–Crippen MR) is 81.1 cm³/mol. The lowest BCUT2D eigenvalue weighted by Gasteiger charge is -2.23. The summed E-state index contributed by atoms with van der Waals surface area (Å²) in [5.41, 5.74) is 2.42. The summed E-state index contributed by atoms with van der Waals surface area (Å²) in [6.45, 7) is 5.86. The highest BCUT2D eigenvalue weighted by atomic mass is 15.3. The van der Waals surface area contributed by atoms with Crippen molar-refractivity contribution in [3.63, 3.8) is 0 Å². The normalized spacial score (nSPS) is 10.7. The molecular weight excluding hydrogens is 252 g/mol. The fourth-order valence-corrected chi connectivity index (χ4v) is 2.20. The molecule has 0 saturated carbocycles. The molecule has 0 N–H and O–H groups in total. The van der Waals surface area contributed by atoms with Gasteiger partial charge in [-0.05, 0) is 13.8 Å². The lowest BCUT2D eigenvalue weighted by Crippen LogP contribution is -2.23. The molecule has 0 spiro atoms. The van der Waals surface area contributed by atoms with Crippen LogP contribution in [0.4, 0.5) is 11.6 Å². The fourth-order valence-electron chi connectivity index (χ4n) is 2.20. The van der Waals surface area contributed by atoms with Crippen molar-refractivity contribution in [2.45, 2.75) is 26.9 Å². The van der Waals surface area contributed by atoms with Gasteiger partial charge in [-0.25, -0.2) is 9.97 Å². The van der Waals surface area contributed by atoms with E-state index >= 15 is 0 Å². The highest BCUT2D eigenvalue weighted by Gasteiger charge is 2.14. The van der Waals surface area contributed by atoms with Crippen LogP contribution in [0, 0.1) is 6.92 Å². The minimum Gasteiger partial charge on any atom is -0.360 e. The van der Waals surface area contributed by atoms with Gasteiger partial charge in [0.15, 0.2) is 11.6 Å². The van der Waals surface area contributed by atoms with Crippen molar-refractivity contribution in [3.8, 4) is 0 Å². The average molecular weight is 274 g/mol. The topological polar surface area (TPSA) is 50.1 Å². The third-order valence-electron chi connectivity index (χ3n) is 3.36.